The normalized spacial score (nSPS) is 9.82. The zero-order valence-electron chi connectivity index (χ0n) is 15.2. The molecule has 0 aromatic heterocycles. The third kappa shape index (κ3) is 9.23. The summed E-state index contributed by atoms with van der Waals surface area (Å²) in [4.78, 5) is 32.4. The molecule has 0 saturated heterocycles. The van der Waals surface area contributed by atoms with E-state index in [2.05, 4.69) is 5.32 Å². The number of aromatic carboxylic acids is 2. The Labute approximate surface area is 163 Å². The lowest BCUT2D eigenvalue weighted by Gasteiger charge is -2.19. The van der Waals surface area contributed by atoms with Crippen molar-refractivity contribution in [3.63, 3.8) is 0 Å². The fourth-order valence-electron chi connectivity index (χ4n) is 1.82. The van der Waals surface area contributed by atoms with Gasteiger partial charge in [-0.1, -0.05) is 19.6 Å². The number of carboxylic acid groups (broad SMARTS) is 2. The van der Waals surface area contributed by atoms with E-state index in [-0.39, 0.29) is 18.6 Å². The molecule has 152 valence electrons. The van der Waals surface area contributed by atoms with Crippen LogP contribution in [0.15, 0.2) is 48.5 Å². The van der Waals surface area contributed by atoms with E-state index in [4.69, 9.17) is 20.7 Å². The molecule has 0 aliphatic carbocycles. The second-order valence-corrected chi connectivity index (χ2v) is 6.44. The summed E-state index contributed by atoms with van der Waals surface area (Å²) >= 11 is 0. The zero-order chi connectivity index (χ0) is 20.6. The van der Waals surface area contributed by atoms with E-state index in [0.29, 0.717) is 11.4 Å². The Kier molecular flexibility index (Phi) is 9.22. The molecule has 0 spiro atoms. The summed E-state index contributed by atoms with van der Waals surface area (Å²) in [5, 5.41) is 19.7. The standard InChI is InChI=1S/C12H15NO4.C7H7NO2.CH4/c1-12(2,3)17-11(16)13-9-6-4-5-8(7-9)10(14)15;8-6-3-1-2-5(4-6)7(9)10;/h4-7H,1-3H3,(H,13,16)(H,14,15);1-4H,8H2,(H,9,10);1H4. The van der Waals surface area contributed by atoms with Crippen molar-refractivity contribution in [1.82, 2.24) is 0 Å². The highest BCUT2D eigenvalue weighted by molar-refractivity contribution is 5.91. The van der Waals surface area contributed by atoms with E-state index in [1.807, 2.05) is 0 Å². The average molecular weight is 390 g/mol. The number of nitrogens with one attached hydrogen (secondary N) is 1. The highest BCUT2D eigenvalue weighted by Gasteiger charge is 2.16. The predicted molar refractivity (Wildman–Crippen MR) is 108 cm³/mol. The molecule has 8 nitrogen and oxygen atoms in total. The molecule has 5 N–H and O–H groups in total. The molecule has 0 unspecified atom stereocenters. The molecule has 0 heterocycles. The highest BCUT2D eigenvalue weighted by Crippen LogP contribution is 2.13. The Morgan fingerprint density at radius 2 is 1.43 bits per heavy atom. The van der Waals surface area contributed by atoms with Crippen molar-refractivity contribution in [3.05, 3.63) is 59.7 Å². The minimum atomic E-state index is -1.04. The number of nitrogen functional groups attached to an aromatic ring is 1. The number of hydrogen-bond donors (Lipinski definition) is 4. The van der Waals surface area contributed by atoms with Gasteiger partial charge in [0.1, 0.15) is 5.60 Å². The monoisotopic (exact) mass is 390 g/mol. The van der Waals surface area contributed by atoms with Gasteiger partial charge < -0.3 is 20.7 Å². The van der Waals surface area contributed by atoms with Gasteiger partial charge in [-0.2, -0.15) is 0 Å². The van der Waals surface area contributed by atoms with Gasteiger partial charge in [0.25, 0.3) is 0 Å². The molecule has 0 saturated carbocycles. The van der Waals surface area contributed by atoms with Crippen LogP contribution in [-0.4, -0.2) is 33.8 Å². The lowest BCUT2D eigenvalue weighted by molar-refractivity contribution is 0.0631. The zero-order valence-corrected chi connectivity index (χ0v) is 15.2. The molecule has 1 amide bonds. The molecule has 0 fully saturated rings. The number of nitrogens with two attached hydrogens (primary N) is 1. The third-order valence-electron chi connectivity index (χ3n) is 2.89. The summed E-state index contributed by atoms with van der Waals surface area (Å²) in [6, 6.07) is 12.1. The molecule has 28 heavy (non-hydrogen) atoms. The Morgan fingerprint density at radius 1 is 0.929 bits per heavy atom. The fraction of sp³-hybridized carbons (Fsp3) is 0.250. The summed E-state index contributed by atoms with van der Waals surface area (Å²) in [6.45, 7) is 5.25. The molecule has 8 heteroatoms. The first-order chi connectivity index (χ1) is 12.5. The molecule has 2 rings (SSSR count). The minimum Gasteiger partial charge on any atom is -0.478 e. The van der Waals surface area contributed by atoms with Crippen LogP contribution in [0.1, 0.15) is 48.9 Å². The molecule has 0 aliphatic rings. The smallest absolute Gasteiger partial charge is 0.412 e. The van der Waals surface area contributed by atoms with E-state index in [9.17, 15) is 14.4 Å². The second-order valence-electron chi connectivity index (χ2n) is 6.44. The molecule has 2 aromatic rings. The fourth-order valence-corrected chi connectivity index (χ4v) is 1.82. The summed E-state index contributed by atoms with van der Waals surface area (Å²) in [5.74, 6) is -2.00. The van der Waals surface area contributed by atoms with Gasteiger partial charge in [0.15, 0.2) is 0 Å². The lowest BCUT2D eigenvalue weighted by atomic mass is 10.2. The second kappa shape index (κ2) is 10.6. The Morgan fingerprint density at radius 3 is 1.86 bits per heavy atom. The van der Waals surface area contributed by atoms with Crippen molar-refractivity contribution < 1.29 is 29.3 Å². The summed E-state index contributed by atoms with van der Waals surface area (Å²) in [7, 11) is 0. The summed E-state index contributed by atoms with van der Waals surface area (Å²) < 4.78 is 5.04. The first kappa shape index (κ1) is 24.5. The van der Waals surface area contributed by atoms with Crippen LogP contribution in [0.2, 0.25) is 0 Å². The largest absolute Gasteiger partial charge is 0.478 e. The van der Waals surface area contributed by atoms with Crippen LogP contribution in [0.5, 0.6) is 0 Å². The van der Waals surface area contributed by atoms with E-state index in [0.717, 1.165) is 0 Å². The Balaban J connectivity index is 0.000000567. The Hall–Kier alpha value is -3.55. The molecular weight excluding hydrogens is 364 g/mol. The molecular formula is C20H26N2O6. The quantitative estimate of drug-likeness (QED) is 0.572. The predicted octanol–water partition coefficient (Wildman–Crippen LogP) is 4.33. The number of rotatable bonds is 3. The van der Waals surface area contributed by atoms with Gasteiger partial charge in [0.2, 0.25) is 0 Å². The van der Waals surface area contributed by atoms with Crippen LogP contribution < -0.4 is 11.1 Å². The lowest BCUT2D eigenvalue weighted by Crippen LogP contribution is -2.27. The van der Waals surface area contributed by atoms with Gasteiger partial charge in [-0.05, 0) is 57.2 Å². The highest BCUT2D eigenvalue weighted by atomic mass is 16.6. The molecule has 0 bridgehead atoms. The van der Waals surface area contributed by atoms with Gasteiger partial charge >= 0.3 is 18.0 Å². The maximum Gasteiger partial charge on any atom is 0.412 e. The van der Waals surface area contributed by atoms with Crippen molar-refractivity contribution in [1.29, 1.82) is 0 Å². The van der Waals surface area contributed by atoms with E-state index >= 15 is 0 Å². The number of benzene rings is 2. The number of carbonyl (C=O) groups excluding carboxylic acids is 1. The van der Waals surface area contributed by atoms with Crippen molar-refractivity contribution in [3.8, 4) is 0 Å². The van der Waals surface area contributed by atoms with E-state index < -0.39 is 23.6 Å². The van der Waals surface area contributed by atoms with E-state index in [1.165, 1.54) is 24.3 Å². The maximum atomic E-state index is 11.4. The SMILES string of the molecule is C.CC(C)(C)OC(=O)Nc1cccc(C(=O)O)c1.Nc1cccc(C(=O)O)c1. The third-order valence-corrected chi connectivity index (χ3v) is 2.89. The number of hydrogen-bond acceptors (Lipinski definition) is 5. The van der Waals surface area contributed by atoms with Crippen molar-refractivity contribution >= 4 is 29.4 Å². The molecule has 0 aliphatic heterocycles. The Bertz CT molecular complexity index is 827. The van der Waals surface area contributed by atoms with Crippen LogP contribution in [-0.2, 0) is 4.74 Å². The number of amides is 1. The van der Waals surface area contributed by atoms with Gasteiger partial charge in [-0.3, -0.25) is 5.32 Å². The minimum absolute atomic E-state index is 0. The summed E-state index contributed by atoms with van der Waals surface area (Å²) in [5.41, 5.74) is 5.94. The van der Waals surface area contributed by atoms with Crippen LogP contribution in [0.4, 0.5) is 16.2 Å². The van der Waals surface area contributed by atoms with Gasteiger partial charge in [0.05, 0.1) is 11.1 Å². The average Bonchev–Trinajstić information content (AvgIpc) is 2.53. The van der Waals surface area contributed by atoms with Gasteiger partial charge in [-0.15, -0.1) is 0 Å². The molecule has 0 atom stereocenters. The van der Waals surface area contributed by atoms with Crippen molar-refractivity contribution in [2.75, 3.05) is 11.1 Å². The first-order valence-electron chi connectivity index (χ1n) is 7.90. The van der Waals surface area contributed by atoms with Crippen LogP contribution in [0.25, 0.3) is 0 Å². The number of ether oxygens (including phenoxy) is 1. The summed E-state index contributed by atoms with van der Waals surface area (Å²) in [6.07, 6.45) is -0.611. The van der Waals surface area contributed by atoms with Crippen LogP contribution >= 0.6 is 0 Å². The number of carbonyl (C=O) groups is 3. The molecule has 0 radical (unpaired) electrons. The topological polar surface area (TPSA) is 139 Å². The van der Waals surface area contributed by atoms with Gasteiger partial charge in [0, 0.05) is 11.4 Å². The van der Waals surface area contributed by atoms with Crippen molar-refractivity contribution in [2.24, 2.45) is 0 Å². The van der Waals surface area contributed by atoms with Crippen LogP contribution in [0, 0.1) is 0 Å². The number of carboxylic acids is 2. The van der Waals surface area contributed by atoms with Crippen LogP contribution in [0.3, 0.4) is 0 Å². The van der Waals surface area contributed by atoms with E-state index in [1.54, 1.807) is 45.0 Å². The van der Waals surface area contributed by atoms with Crippen molar-refractivity contribution in [2.45, 2.75) is 33.8 Å². The molecule has 2 aromatic carbocycles. The number of anilines is 2. The maximum absolute atomic E-state index is 11.4. The van der Waals surface area contributed by atoms with Gasteiger partial charge in [-0.25, -0.2) is 14.4 Å². The first-order valence-corrected chi connectivity index (χ1v) is 7.90.